The zero-order valence-electron chi connectivity index (χ0n) is 17.7. The fourth-order valence-electron chi connectivity index (χ4n) is 3.70. The summed E-state index contributed by atoms with van der Waals surface area (Å²) in [5.74, 6) is 2.12. The van der Waals surface area contributed by atoms with E-state index in [9.17, 15) is 5.11 Å². The average molecular weight is 444 g/mol. The quantitative estimate of drug-likeness (QED) is 0.490. The van der Waals surface area contributed by atoms with E-state index in [1.54, 1.807) is 12.1 Å². The van der Waals surface area contributed by atoms with Crippen molar-refractivity contribution in [1.29, 1.82) is 0 Å². The van der Waals surface area contributed by atoms with Crippen molar-refractivity contribution in [1.82, 2.24) is 0 Å². The summed E-state index contributed by atoms with van der Waals surface area (Å²) in [5, 5.41) is 11.1. The van der Waals surface area contributed by atoms with Gasteiger partial charge in [-0.3, -0.25) is 0 Å². The number of hydrogen-bond acceptors (Lipinski definition) is 3. The molecule has 32 heavy (non-hydrogen) atoms. The number of halogens is 1. The molecule has 0 unspecified atom stereocenters. The van der Waals surface area contributed by atoms with E-state index >= 15 is 0 Å². The molecule has 0 saturated heterocycles. The topological polar surface area (TPSA) is 44.0 Å². The zero-order valence-corrected chi connectivity index (χ0v) is 18.5. The first-order chi connectivity index (χ1) is 15.1. The highest BCUT2D eigenvalue weighted by atomic mass is 35.5. The summed E-state index contributed by atoms with van der Waals surface area (Å²) in [5.41, 5.74) is 4.78. The lowest BCUT2D eigenvalue weighted by Gasteiger charge is -2.16. The Morgan fingerprint density at radius 2 is 1.66 bits per heavy atom. The van der Waals surface area contributed by atoms with Gasteiger partial charge < -0.3 is 27.2 Å². The Kier molecular flexibility index (Phi) is 5.89. The molecule has 3 aromatic carbocycles. The Morgan fingerprint density at radius 1 is 0.906 bits per heavy atom. The van der Waals surface area contributed by atoms with Crippen molar-refractivity contribution in [2.45, 2.75) is 0 Å². The summed E-state index contributed by atoms with van der Waals surface area (Å²) in [4.78, 5) is 2.07. The maximum atomic E-state index is 10.2. The van der Waals surface area contributed by atoms with Crippen LogP contribution in [0.3, 0.4) is 0 Å². The van der Waals surface area contributed by atoms with Gasteiger partial charge in [0, 0.05) is 43.1 Å². The summed E-state index contributed by atoms with van der Waals surface area (Å²) >= 11 is 0. The fraction of sp³-hybridized carbons (Fsp3) is 0.0741. The van der Waals surface area contributed by atoms with Crippen LogP contribution in [0.15, 0.2) is 77.2 Å². The molecule has 0 aliphatic carbocycles. The SMILES string of the molecule is CN(C)c1ccc(/C=C/c2cc3c4c(cc(O)cc4[o+]2)OC(c2ccccc2)=C3)cc1.[Cl-]. The summed E-state index contributed by atoms with van der Waals surface area (Å²) < 4.78 is 12.1. The smallest absolute Gasteiger partial charge is 0.368 e. The number of nitrogens with zero attached hydrogens (tertiary/aromatic N) is 1. The molecule has 0 fully saturated rings. The molecule has 2 heterocycles. The van der Waals surface area contributed by atoms with Gasteiger partial charge in [0.15, 0.2) is 0 Å². The van der Waals surface area contributed by atoms with Crippen LogP contribution in [0, 0.1) is 0 Å². The van der Waals surface area contributed by atoms with Gasteiger partial charge in [-0.1, -0.05) is 42.5 Å². The summed E-state index contributed by atoms with van der Waals surface area (Å²) in [6.07, 6.45) is 5.97. The molecule has 0 atom stereocenters. The van der Waals surface area contributed by atoms with Crippen molar-refractivity contribution in [3.63, 3.8) is 0 Å². The van der Waals surface area contributed by atoms with Gasteiger partial charge in [0.05, 0.1) is 12.1 Å². The van der Waals surface area contributed by atoms with Gasteiger partial charge in [-0.15, -0.1) is 0 Å². The highest BCUT2D eigenvalue weighted by Crippen LogP contribution is 2.41. The minimum Gasteiger partial charge on any atom is -1.00 e. The molecule has 0 bridgehead atoms. The Morgan fingerprint density at radius 3 is 2.38 bits per heavy atom. The fourth-order valence-corrected chi connectivity index (χ4v) is 3.70. The molecule has 5 heteroatoms. The molecule has 5 rings (SSSR count). The second kappa shape index (κ2) is 8.77. The first kappa shape index (κ1) is 21.5. The van der Waals surface area contributed by atoms with Crippen molar-refractivity contribution in [3.8, 4) is 11.5 Å². The van der Waals surface area contributed by atoms with E-state index in [1.807, 2.05) is 68.7 Å². The first-order valence-electron chi connectivity index (χ1n) is 10.1. The average Bonchev–Trinajstić information content (AvgIpc) is 2.78. The second-order valence-corrected chi connectivity index (χ2v) is 7.72. The van der Waals surface area contributed by atoms with E-state index in [2.05, 4.69) is 29.2 Å². The third kappa shape index (κ3) is 4.18. The molecular weight excluding hydrogens is 422 g/mol. The predicted molar refractivity (Wildman–Crippen MR) is 127 cm³/mol. The molecule has 0 spiro atoms. The first-order valence-corrected chi connectivity index (χ1v) is 10.1. The van der Waals surface area contributed by atoms with Gasteiger partial charge in [-0.2, -0.15) is 0 Å². The van der Waals surface area contributed by atoms with E-state index < -0.39 is 0 Å². The van der Waals surface area contributed by atoms with Crippen LogP contribution in [0.25, 0.3) is 35.0 Å². The molecule has 4 aromatic rings. The largest absolute Gasteiger partial charge is 1.00 e. The Balaban J connectivity index is 0.00000245. The van der Waals surface area contributed by atoms with Crippen LogP contribution < -0.4 is 22.0 Å². The van der Waals surface area contributed by atoms with E-state index in [-0.39, 0.29) is 18.2 Å². The minimum atomic E-state index is 0. The van der Waals surface area contributed by atoms with Crippen LogP contribution in [0.4, 0.5) is 5.69 Å². The normalized spacial score (nSPS) is 12.2. The highest BCUT2D eigenvalue weighted by molar-refractivity contribution is 6.00. The molecule has 1 aromatic heterocycles. The Labute approximate surface area is 193 Å². The van der Waals surface area contributed by atoms with E-state index in [1.165, 1.54) is 0 Å². The molecule has 0 saturated carbocycles. The monoisotopic (exact) mass is 443 g/mol. The molecular formula is C27H22ClNO3. The van der Waals surface area contributed by atoms with Gasteiger partial charge >= 0.3 is 11.3 Å². The van der Waals surface area contributed by atoms with Crippen molar-refractivity contribution in [3.05, 3.63) is 95.2 Å². The van der Waals surface area contributed by atoms with Crippen LogP contribution in [0.5, 0.6) is 11.5 Å². The predicted octanol–water partition coefficient (Wildman–Crippen LogP) is 3.55. The van der Waals surface area contributed by atoms with Gasteiger partial charge in [0.1, 0.15) is 22.6 Å². The third-order valence-corrected chi connectivity index (χ3v) is 5.28. The van der Waals surface area contributed by atoms with Gasteiger partial charge in [-0.25, -0.2) is 4.42 Å². The molecule has 0 amide bonds. The van der Waals surface area contributed by atoms with Crippen LogP contribution in [-0.2, 0) is 0 Å². The van der Waals surface area contributed by atoms with E-state index in [0.29, 0.717) is 17.1 Å². The lowest BCUT2D eigenvalue weighted by molar-refractivity contribution is -0.00000810. The van der Waals surface area contributed by atoms with Crippen LogP contribution in [0.1, 0.15) is 22.5 Å². The lowest BCUT2D eigenvalue weighted by atomic mass is 10.0. The number of aromatic hydroxyl groups is 1. The van der Waals surface area contributed by atoms with Gasteiger partial charge in [0.25, 0.3) is 0 Å². The third-order valence-electron chi connectivity index (χ3n) is 5.28. The number of phenols is 1. The zero-order chi connectivity index (χ0) is 21.4. The number of phenolic OH excluding ortho intramolecular Hbond substituents is 1. The van der Waals surface area contributed by atoms with E-state index in [0.717, 1.165) is 33.5 Å². The van der Waals surface area contributed by atoms with Crippen molar-refractivity contribution < 1.29 is 26.7 Å². The second-order valence-electron chi connectivity index (χ2n) is 7.72. The maximum absolute atomic E-state index is 10.2. The number of rotatable bonds is 4. The molecule has 1 N–H and O–H groups in total. The van der Waals surface area contributed by atoms with Crippen LogP contribution >= 0.6 is 0 Å². The summed E-state index contributed by atoms with van der Waals surface area (Å²) in [7, 11) is 4.05. The highest BCUT2D eigenvalue weighted by Gasteiger charge is 2.25. The van der Waals surface area contributed by atoms with Crippen molar-refractivity contribution in [2.75, 3.05) is 19.0 Å². The minimum absolute atomic E-state index is 0. The molecule has 160 valence electrons. The summed E-state index contributed by atoms with van der Waals surface area (Å²) in [6.45, 7) is 0. The summed E-state index contributed by atoms with van der Waals surface area (Å²) in [6, 6.07) is 23.5. The number of anilines is 1. The molecule has 1 aliphatic rings. The number of ether oxygens (including phenoxy) is 1. The molecule has 0 radical (unpaired) electrons. The van der Waals surface area contributed by atoms with E-state index in [4.69, 9.17) is 9.15 Å². The van der Waals surface area contributed by atoms with Crippen LogP contribution in [-0.4, -0.2) is 19.2 Å². The Hall–Kier alpha value is -3.76. The standard InChI is InChI=1S/C27H21NO3.ClH/c1-28(2)21-11-8-18(9-12-21)10-13-23-14-20-15-24(19-6-4-3-5-7-19)31-26-17-22(29)16-25(30-23)27(20)26;/h3-17H,1-2H3;1H/b13-10+;. The molecule has 1 aliphatic heterocycles. The van der Waals surface area contributed by atoms with Gasteiger partial charge in [-0.05, 0) is 29.8 Å². The molecule has 4 nitrogen and oxygen atoms in total. The van der Waals surface area contributed by atoms with Crippen LogP contribution in [0.2, 0.25) is 0 Å². The van der Waals surface area contributed by atoms with Gasteiger partial charge in [0.2, 0.25) is 0 Å². The van der Waals surface area contributed by atoms with Crippen molar-refractivity contribution in [2.24, 2.45) is 0 Å². The lowest BCUT2D eigenvalue weighted by Crippen LogP contribution is -3.00. The number of benzene rings is 3. The number of hydrogen-bond donors (Lipinski definition) is 1. The maximum Gasteiger partial charge on any atom is 0.368 e. The Bertz CT molecular complexity index is 1330. The van der Waals surface area contributed by atoms with Crippen molar-refractivity contribution >= 4 is 40.6 Å².